The second-order valence-corrected chi connectivity index (χ2v) is 8.39. The van der Waals surface area contributed by atoms with Gasteiger partial charge in [-0.15, -0.1) is 0 Å². The number of benzene rings is 2. The molecule has 28 heavy (non-hydrogen) atoms. The molecular formula is C22H19Cl2NO3. The van der Waals surface area contributed by atoms with Gasteiger partial charge in [0.25, 0.3) is 0 Å². The molecule has 3 rings (SSSR count). The number of halogens is 2. The highest BCUT2D eigenvalue weighted by molar-refractivity contribution is 6.55. The van der Waals surface area contributed by atoms with E-state index >= 15 is 0 Å². The molecule has 0 aliphatic heterocycles. The van der Waals surface area contributed by atoms with Crippen molar-refractivity contribution in [2.45, 2.75) is 19.8 Å². The maximum absolute atomic E-state index is 12.3. The molecule has 144 valence electrons. The molecule has 3 atom stereocenters. The Labute approximate surface area is 174 Å². The Morgan fingerprint density at radius 2 is 1.82 bits per heavy atom. The predicted octanol–water partition coefficient (Wildman–Crippen LogP) is 6.13. The number of ether oxygens (including phenoxy) is 1. The summed E-state index contributed by atoms with van der Waals surface area (Å²) in [6.07, 6.45) is 1.52. The van der Waals surface area contributed by atoms with E-state index in [0.717, 1.165) is 0 Å². The van der Waals surface area contributed by atoms with Gasteiger partial charge in [-0.1, -0.05) is 67.4 Å². The Morgan fingerprint density at radius 3 is 2.39 bits per heavy atom. The van der Waals surface area contributed by atoms with Gasteiger partial charge in [0.2, 0.25) is 0 Å². The van der Waals surface area contributed by atoms with Gasteiger partial charge in [0, 0.05) is 5.92 Å². The summed E-state index contributed by atoms with van der Waals surface area (Å²) in [5, 5.41) is 20.0. The van der Waals surface area contributed by atoms with Crippen LogP contribution in [0.25, 0.3) is 0 Å². The molecule has 0 spiro atoms. The van der Waals surface area contributed by atoms with Gasteiger partial charge < -0.3 is 9.84 Å². The summed E-state index contributed by atoms with van der Waals surface area (Å²) in [5.74, 6) is -1.22. The standard InChI is InChI=1S/C22H19Cl2NO3/c1-21(2)18(12-19(23)24)22(21,20(26)27)17(13-25)14-7-6-10-16(11-14)28-15-8-4-3-5-9-15/h3-12,17-18H,1-2H3,(H,26,27)/t17-,18+,22+/m0/s1. The Kier molecular flexibility index (Phi) is 5.43. The van der Waals surface area contributed by atoms with E-state index in [2.05, 4.69) is 6.07 Å². The molecule has 0 bridgehead atoms. The van der Waals surface area contributed by atoms with Gasteiger partial charge in [-0.05, 0) is 41.3 Å². The Bertz CT molecular complexity index is 961. The molecule has 0 saturated heterocycles. The molecule has 2 aromatic rings. The number of para-hydroxylation sites is 1. The summed E-state index contributed by atoms with van der Waals surface area (Å²) in [6.45, 7) is 3.63. The van der Waals surface area contributed by atoms with E-state index in [1.807, 2.05) is 44.2 Å². The molecule has 0 heterocycles. The SMILES string of the molecule is CC1(C)[C@@H](C=C(Cl)Cl)[C@@]1(C(=O)O)[C@@H](C#N)c1cccc(Oc2ccccc2)c1. The number of carboxylic acids is 1. The quantitative estimate of drug-likeness (QED) is 0.615. The minimum atomic E-state index is -1.33. The number of hydrogen-bond acceptors (Lipinski definition) is 3. The van der Waals surface area contributed by atoms with Crippen molar-refractivity contribution in [2.75, 3.05) is 0 Å². The number of carbonyl (C=O) groups is 1. The zero-order chi connectivity index (χ0) is 20.5. The van der Waals surface area contributed by atoms with Gasteiger partial charge in [-0.25, -0.2) is 0 Å². The van der Waals surface area contributed by atoms with Crippen LogP contribution in [0.4, 0.5) is 0 Å². The third-order valence-electron chi connectivity index (χ3n) is 5.65. The molecular weight excluding hydrogens is 397 g/mol. The molecule has 2 aromatic carbocycles. The summed E-state index contributed by atoms with van der Waals surface area (Å²) >= 11 is 11.6. The lowest BCUT2D eigenvalue weighted by Crippen LogP contribution is -2.28. The van der Waals surface area contributed by atoms with Crippen LogP contribution in [0.3, 0.4) is 0 Å². The van der Waals surface area contributed by atoms with Gasteiger partial charge in [0.05, 0.1) is 12.0 Å². The van der Waals surface area contributed by atoms with E-state index < -0.39 is 28.6 Å². The smallest absolute Gasteiger partial charge is 0.312 e. The van der Waals surface area contributed by atoms with Crippen molar-refractivity contribution in [3.8, 4) is 17.6 Å². The fourth-order valence-corrected chi connectivity index (χ4v) is 4.46. The lowest BCUT2D eigenvalue weighted by Gasteiger charge is -2.22. The van der Waals surface area contributed by atoms with Crippen LogP contribution in [0.15, 0.2) is 65.2 Å². The first-order valence-electron chi connectivity index (χ1n) is 8.73. The third kappa shape index (κ3) is 3.26. The molecule has 1 saturated carbocycles. The largest absolute Gasteiger partial charge is 0.481 e. The van der Waals surface area contributed by atoms with Gasteiger partial charge >= 0.3 is 5.97 Å². The summed E-state index contributed by atoms with van der Waals surface area (Å²) in [7, 11) is 0. The highest BCUT2D eigenvalue weighted by atomic mass is 35.5. The molecule has 1 fully saturated rings. The van der Waals surface area contributed by atoms with E-state index in [1.54, 1.807) is 24.3 Å². The Morgan fingerprint density at radius 1 is 1.18 bits per heavy atom. The Hall–Kier alpha value is -2.48. The molecule has 4 nitrogen and oxygen atoms in total. The minimum Gasteiger partial charge on any atom is -0.481 e. The van der Waals surface area contributed by atoms with E-state index in [4.69, 9.17) is 27.9 Å². The number of rotatable bonds is 6. The van der Waals surface area contributed by atoms with Gasteiger partial charge in [-0.3, -0.25) is 4.79 Å². The van der Waals surface area contributed by atoms with Crippen molar-refractivity contribution >= 4 is 29.2 Å². The van der Waals surface area contributed by atoms with E-state index in [0.29, 0.717) is 17.1 Å². The number of hydrogen-bond donors (Lipinski definition) is 1. The van der Waals surface area contributed by atoms with Crippen LogP contribution in [-0.2, 0) is 4.79 Å². The van der Waals surface area contributed by atoms with E-state index in [1.165, 1.54) is 6.08 Å². The number of nitriles is 1. The average molecular weight is 416 g/mol. The number of nitrogens with zero attached hydrogens (tertiary/aromatic N) is 1. The molecule has 6 heteroatoms. The number of allylic oxidation sites excluding steroid dienone is 1. The Balaban J connectivity index is 2.01. The highest BCUT2D eigenvalue weighted by Crippen LogP contribution is 2.75. The second-order valence-electron chi connectivity index (χ2n) is 7.38. The molecule has 0 radical (unpaired) electrons. The van der Waals surface area contributed by atoms with Crippen LogP contribution in [-0.4, -0.2) is 11.1 Å². The second kappa shape index (κ2) is 7.50. The van der Waals surface area contributed by atoms with Crippen molar-refractivity contribution in [3.05, 3.63) is 70.7 Å². The fraction of sp³-hybridized carbons (Fsp3) is 0.273. The van der Waals surface area contributed by atoms with Crippen LogP contribution < -0.4 is 4.74 Å². The highest BCUT2D eigenvalue weighted by Gasteiger charge is 2.78. The summed E-state index contributed by atoms with van der Waals surface area (Å²) in [6, 6.07) is 18.4. The molecule has 0 unspecified atom stereocenters. The topological polar surface area (TPSA) is 70.3 Å². The molecule has 1 aliphatic carbocycles. The average Bonchev–Trinajstić information content (AvgIpc) is 3.12. The maximum Gasteiger partial charge on any atom is 0.312 e. The maximum atomic E-state index is 12.3. The summed E-state index contributed by atoms with van der Waals surface area (Å²) < 4.78 is 5.84. The van der Waals surface area contributed by atoms with Crippen LogP contribution in [0.2, 0.25) is 0 Å². The monoisotopic (exact) mass is 415 g/mol. The third-order valence-corrected chi connectivity index (χ3v) is 5.90. The molecule has 0 amide bonds. The molecule has 1 aliphatic rings. The first kappa shape index (κ1) is 20.3. The number of aliphatic carboxylic acids is 1. The van der Waals surface area contributed by atoms with Crippen molar-refractivity contribution in [1.82, 2.24) is 0 Å². The summed E-state index contributed by atoms with van der Waals surface area (Å²) in [5.41, 5.74) is -1.44. The minimum absolute atomic E-state index is 0.000878. The van der Waals surface area contributed by atoms with Crippen LogP contribution >= 0.6 is 23.2 Å². The zero-order valence-corrected chi connectivity index (χ0v) is 16.9. The van der Waals surface area contributed by atoms with E-state index in [-0.39, 0.29) is 4.49 Å². The van der Waals surface area contributed by atoms with Crippen molar-refractivity contribution in [2.24, 2.45) is 16.7 Å². The lowest BCUT2D eigenvalue weighted by atomic mass is 9.78. The number of carboxylic acid groups (broad SMARTS) is 1. The van der Waals surface area contributed by atoms with Gasteiger partial charge in [0.1, 0.15) is 21.4 Å². The van der Waals surface area contributed by atoms with Crippen LogP contribution in [0, 0.1) is 28.1 Å². The summed E-state index contributed by atoms with van der Waals surface area (Å²) in [4.78, 5) is 12.3. The van der Waals surface area contributed by atoms with Crippen molar-refractivity contribution < 1.29 is 14.6 Å². The molecule has 0 aromatic heterocycles. The van der Waals surface area contributed by atoms with Crippen LogP contribution in [0.1, 0.15) is 25.3 Å². The fourth-order valence-electron chi connectivity index (χ4n) is 4.21. The van der Waals surface area contributed by atoms with E-state index in [9.17, 15) is 15.2 Å². The molecule has 1 N–H and O–H groups in total. The normalized spacial score (nSPS) is 23.2. The van der Waals surface area contributed by atoms with Crippen molar-refractivity contribution in [1.29, 1.82) is 5.26 Å². The predicted molar refractivity (Wildman–Crippen MR) is 108 cm³/mol. The first-order chi connectivity index (χ1) is 13.2. The van der Waals surface area contributed by atoms with Crippen molar-refractivity contribution in [3.63, 3.8) is 0 Å². The first-order valence-corrected chi connectivity index (χ1v) is 9.49. The lowest BCUT2D eigenvalue weighted by molar-refractivity contribution is -0.145. The van der Waals surface area contributed by atoms with Gasteiger partial charge in [0.15, 0.2) is 0 Å². The van der Waals surface area contributed by atoms with Crippen LogP contribution in [0.5, 0.6) is 11.5 Å². The zero-order valence-electron chi connectivity index (χ0n) is 15.4. The van der Waals surface area contributed by atoms with Gasteiger partial charge in [-0.2, -0.15) is 5.26 Å².